The van der Waals surface area contributed by atoms with E-state index < -0.39 is 24.5 Å². The Labute approximate surface area is 170 Å². The van der Waals surface area contributed by atoms with Crippen LogP contribution in [0.2, 0.25) is 0 Å². The topological polar surface area (TPSA) is 36.0 Å². The molecule has 2 fully saturated rings. The summed E-state index contributed by atoms with van der Waals surface area (Å²) in [7, 11) is 0. The minimum absolute atomic E-state index is 0.00682. The molecule has 168 valence electrons. The number of alkyl halides is 6. The van der Waals surface area contributed by atoms with Gasteiger partial charge in [0.1, 0.15) is 0 Å². The normalized spacial score (nSPS) is 18.9. The summed E-state index contributed by atoms with van der Waals surface area (Å²) >= 11 is 0. The highest BCUT2D eigenvalue weighted by atomic mass is 19.4. The van der Waals surface area contributed by atoms with Crippen LogP contribution in [-0.4, -0.2) is 73.6 Å². The number of halogens is 6. The second-order valence-electron chi connectivity index (χ2n) is 7.47. The van der Waals surface area contributed by atoms with Crippen molar-refractivity contribution in [3.8, 4) is 0 Å². The Morgan fingerprint density at radius 3 is 1.90 bits per heavy atom. The molecule has 0 unspecified atom stereocenters. The first-order valence-electron chi connectivity index (χ1n) is 9.69. The number of hydrogen-bond acceptors (Lipinski definition) is 4. The summed E-state index contributed by atoms with van der Waals surface area (Å²) in [6.45, 7) is 3.30. The van der Waals surface area contributed by atoms with Crippen molar-refractivity contribution in [3.05, 3.63) is 29.8 Å². The molecule has 1 aromatic rings. The van der Waals surface area contributed by atoms with Gasteiger partial charge in [-0.05, 0) is 30.5 Å². The van der Waals surface area contributed by atoms with Crippen molar-refractivity contribution in [1.82, 2.24) is 9.80 Å². The molecule has 0 radical (unpaired) electrons. The van der Waals surface area contributed by atoms with Gasteiger partial charge in [-0.2, -0.15) is 26.3 Å². The van der Waals surface area contributed by atoms with E-state index in [-0.39, 0.29) is 13.1 Å². The van der Waals surface area contributed by atoms with Gasteiger partial charge < -0.3 is 14.5 Å². The molecule has 0 aliphatic carbocycles. The van der Waals surface area contributed by atoms with Crippen molar-refractivity contribution in [3.63, 3.8) is 0 Å². The highest BCUT2D eigenvalue weighted by Gasteiger charge is 2.60. The molecule has 0 bridgehead atoms. The molecule has 3 rings (SSSR count). The van der Waals surface area contributed by atoms with E-state index in [1.165, 1.54) is 12.8 Å². The maximum absolute atomic E-state index is 12.5. The minimum atomic E-state index is -5.71. The summed E-state index contributed by atoms with van der Waals surface area (Å²) in [6, 6.07) is 8.10. The van der Waals surface area contributed by atoms with E-state index in [1.807, 2.05) is 29.2 Å². The standard InChI is InChI=1S/C19H23F6N3O2/c20-18(21,22)16(19(23,24)25)30-17(29)28-11-9-26(10-12-28)13-14-3-5-15(6-4-14)27-7-1-2-8-27/h3-6,16H,1-2,7-13H2. The first-order valence-corrected chi connectivity index (χ1v) is 9.69. The van der Waals surface area contributed by atoms with Crippen LogP contribution in [0, 0.1) is 0 Å². The summed E-state index contributed by atoms with van der Waals surface area (Å²) in [5, 5.41) is 0. The van der Waals surface area contributed by atoms with E-state index in [9.17, 15) is 31.1 Å². The number of rotatable bonds is 4. The summed E-state index contributed by atoms with van der Waals surface area (Å²) in [4.78, 5) is 17.0. The van der Waals surface area contributed by atoms with Gasteiger partial charge in [-0.1, -0.05) is 12.1 Å². The van der Waals surface area contributed by atoms with Gasteiger partial charge in [-0.25, -0.2) is 4.79 Å². The molecular weight excluding hydrogens is 416 g/mol. The van der Waals surface area contributed by atoms with E-state index in [4.69, 9.17) is 0 Å². The van der Waals surface area contributed by atoms with Gasteiger partial charge in [0.15, 0.2) is 0 Å². The fraction of sp³-hybridized carbons (Fsp3) is 0.632. The number of nitrogens with zero attached hydrogens (tertiary/aromatic N) is 3. The first-order chi connectivity index (χ1) is 14.0. The molecule has 0 saturated carbocycles. The summed E-state index contributed by atoms with van der Waals surface area (Å²) in [6.07, 6.45) is -14.8. The molecule has 2 heterocycles. The molecule has 0 spiro atoms. The molecular formula is C19H23F6N3O2. The van der Waals surface area contributed by atoms with Crippen molar-refractivity contribution in [1.29, 1.82) is 0 Å². The summed E-state index contributed by atoms with van der Waals surface area (Å²) in [5.74, 6) is 0. The van der Waals surface area contributed by atoms with Gasteiger partial charge in [0.25, 0.3) is 6.10 Å². The lowest BCUT2D eigenvalue weighted by Gasteiger charge is -2.35. The van der Waals surface area contributed by atoms with Crippen LogP contribution in [0.25, 0.3) is 0 Å². The Bertz CT molecular complexity index is 694. The molecule has 2 aliphatic heterocycles. The average molecular weight is 439 g/mol. The third-order valence-corrected chi connectivity index (χ3v) is 5.26. The Morgan fingerprint density at radius 2 is 1.40 bits per heavy atom. The number of carbonyl (C=O) groups is 1. The van der Waals surface area contributed by atoms with Crippen LogP contribution < -0.4 is 4.90 Å². The van der Waals surface area contributed by atoms with Crippen LogP contribution in [0.15, 0.2) is 24.3 Å². The van der Waals surface area contributed by atoms with Crippen LogP contribution in [0.4, 0.5) is 36.8 Å². The van der Waals surface area contributed by atoms with E-state index in [1.54, 1.807) is 0 Å². The van der Waals surface area contributed by atoms with E-state index >= 15 is 0 Å². The predicted molar refractivity (Wildman–Crippen MR) is 97.1 cm³/mol. The Hall–Kier alpha value is -2.17. The van der Waals surface area contributed by atoms with Gasteiger partial charge >= 0.3 is 18.4 Å². The monoisotopic (exact) mass is 439 g/mol. The molecule has 2 aliphatic rings. The van der Waals surface area contributed by atoms with Gasteiger partial charge in [0.05, 0.1) is 0 Å². The molecule has 0 atom stereocenters. The lowest BCUT2D eigenvalue weighted by molar-refractivity contribution is -0.308. The van der Waals surface area contributed by atoms with Gasteiger partial charge in [-0.3, -0.25) is 4.90 Å². The Morgan fingerprint density at radius 1 is 0.867 bits per heavy atom. The zero-order valence-corrected chi connectivity index (χ0v) is 16.2. The second-order valence-corrected chi connectivity index (χ2v) is 7.47. The summed E-state index contributed by atoms with van der Waals surface area (Å²) < 4.78 is 79.0. The fourth-order valence-corrected chi connectivity index (χ4v) is 3.63. The number of anilines is 1. The van der Waals surface area contributed by atoms with Crippen molar-refractivity contribution in [2.75, 3.05) is 44.2 Å². The van der Waals surface area contributed by atoms with Gasteiger partial charge in [0, 0.05) is 51.5 Å². The van der Waals surface area contributed by atoms with Crippen LogP contribution in [0.1, 0.15) is 18.4 Å². The smallest absolute Gasteiger partial charge is 0.426 e. The van der Waals surface area contributed by atoms with Gasteiger partial charge in [-0.15, -0.1) is 0 Å². The SMILES string of the molecule is O=C(OC(C(F)(F)F)C(F)(F)F)N1CCN(Cc2ccc(N3CCCC3)cc2)CC1. The minimum Gasteiger partial charge on any atom is -0.426 e. The molecule has 5 nitrogen and oxygen atoms in total. The fourth-order valence-electron chi connectivity index (χ4n) is 3.63. The van der Waals surface area contributed by atoms with E-state index in [2.05, 4.69) is 9.64 Å². The highest BCUT2D eigenvalue weighted by Crippen LogP contribution is 2.36. The summed E-state index contributed by atoms with van der Waals surface area (Å²) in [5.41, 5.74) is 2.20. The predicted octanol–water partition coefficient (Wildman–Crippen LogP) is 4.03. The molecule has 1 amide bonds. The number of piperazine rings is 1. The largest absolute Gasteiger partial charge is 0.434 e. The lowest BCUT2D eigenvalue weighted by Crippen LogP contribution is -2.52. The highest BCUT2D eigenvalue weighted by molar-refractivity contribution is 5.68. The molecule has 0 aromatic heterocycles. The zero-order chi connectivity index (χ0) is 21.9. The van der Waals surface area contributed by atoms with Gasteiger partial charge in [0.2, 0.25) is 0 Å². The van der Waals surface area contributed by atoms with Crippen molar-refractivity contribution >= 4 is 11.8 Å². The molecule has 30 heavy (non-hydrogen) atoms. The number of ether oxygens (including phenoxy) is 1. The maximum atomic E-state index is 12.5. The number of benzene rings is 1. The molecule has 0 N–H and O–H groups in total. The van der Waals surface area contributed by atoms with Crippen LogP contribution in [0.3, 0.4) is 0 Å². The lowest BCUT2D eigenvalue weighted by atomic mass is 10.1. The molecule has 11 heteroatoms. The van der Waals surface area contributed by atoms with E-state index in [0.29, 0.717) is 19.6 Å². The van der Waals surface area contributed by atoms with Crippen molar-refractivity contribution in [2.45, 2.75) is 37.8 Å². The van der Waals surface area contributed by atoms with Crippen LogP contribution in [-0.2, 0) is 11.3 Å². The van der Waals surface area contributed by atoms with Crippen molar-refractivity contribution in [2.24, 2.45) is 0 Å². The Balaban J connectivity index is 1.49. The first kappa shape index (κ1) is 22.5. The Kier molecular flexibility index (Phi) is 6.68. The quantitative estimate of drug-likeness (QED) is 0.664. The van der Waals surface area contributed by atoms with E-state index in [0.717, 1.165) is 29.2 Å². The second kappa shape index (κ2) is 8.91. The third-order valence-electron chi connectivity index (χ3n) is 5.26. The number of amides is 1. The maximum Gasteiger partial charge on any atom is 0.434 e. The molecule has 2 saturated heterocycles. The zero-order valence-electron chi connectivity index (χ0n) is 16.2. The number of hydrogen-bond donors (Lipinski definition) is 0. The third kappa shape index (κ3) is 5.71. The number of carbonyl (C=O) groups excluding carboxylic acids is 1. The van der Waals surface area contributed by atoms with Crippen LogP contribution >= 0.6 is 0 Å². The van der Waals surface area contributed by atoms with Crippen molar-refractivity contribution < 1.29 is 35.9 Å². The molecule has 1 aromatic carbocycles. The average Bonchev–Trinajstić information content (AvgIpc) is 3.20. The van der Waals surface area contributed by atoms with Crippen LogP contribution in [0.5, 0.6) is 0 Å².